The Labute approximate surface area is 108 Å². The van der Waals surface area contributed by atoms with E-state index in [0.29, 0.717) is 5.92 Å². The third-order valence-electron chi connectivity index (χ3n) is 4.35. The Hall–Kier alpha value is -1.35. The molecule has 3 rings (SSSR count). The molecule has 1 aromatic carbocycles. The zero-order valence-electron chi connectivity index (χ0n) is 10.7. The average molecular weight is 243 g/mol. The van der Waals surface area contributed by atoms with Crippen LogP contribution in [0.25, 0.3) is 11.0 Å². The Bertz CT molecular complexity index is 511. The van der Waals surface area contributed by atoms with Crippen LogP contribution >= 0.6 is 0 Å². The van der Waals surface area contributed by atoms with Gasteiger partial charge in [-0.1, -0.05) is 25.3 Å². The fourth-order valence-corrected chi connectivity index (χ4v) is 3.32. The second-order valence-corrected chi connectivity index (χ2v) is 5.42. The van der Waals surface area contributed by atoms with Crippen molar-refractivity contribution < 1.29 is 0 Å². The predicted octanol–water partition coefficient (Wildman–Crippen LogP) is 3.19. The first-order valence-corrected chi connectivity index (χ1v) is 7.01. The zero-order chi connectivity index (χ0) is 12.4. The number of H-pyrrole nitrogens is 1. The molecule has 2 aromatic rings. The van der Waals surface area contributed by atoms with Crippen molar-refractivity contribution in [3.8, 4) is 0 Å². The van der Waals surface area contributed by atoms with Crippen LogP contribution in [0.3, 0.4) is 0 Å². The molecule has 0 spiro atoms. The van der Waals surface area contributed by atoms with Gasteiger partial charge < -0.3 is 10.7 Å². The van der Waals surface area contributed by atoms with Crippen LogP contribution in [0.15, 0.2) is 24.5 Å². The largest absolute Gasteiger partial charge is 0.345 e. The van der Waals surface area contributed by atoms with E-state index in [4.69, 9.17) is 5.73 Å². The number of nitrogens with two attached hydrogens (primary N) is 1. The number of nitrogens with one attached hydrogen (secondary N) is 1. The molecule has 0 aliphatic heterocycles. The van der Waals surface area contributed by atoms with Crippen molar-refractivity contribution in [1.82, 2.24) is 9.97 Å². The molecule has 1 atom stereocenters. The predicted molar refractivity (Wildman–Crippen MR) is 74.5 cm³/mol. The second-order valence-electron chi connectivity index (χ2n) is 5.42. The van der Waals surface area contributed by atoms with Gasteiger partial charge in [0.15, 0.2) is 0 Å². The number of aromatic nitrogens is 2. The van der Waals surface area contributed by atoms with Crippen molar-refractivity contribution in [3.63, 3.8) is 0 Å². The summed E-state index contributed by atoms with van der Waals surface area (Å²) in [4.78, 5) is 7.46. The number of benzene rings is 1. The average Bonchev–Trinajstić information content (AvgIpc) is 2.88. The molecular formula is C15H21N3. The highest BCUT2D eigenvalue weighted by Crippen LogP contribution is 2.36. The summed E-state index contributed by atoms with van der Waals surface area (Å²) < 4.78 is 0. The monoisotopic (exact) mass is 243 g/mol. The van der Waals surface area contributed by atoms with Gasteiger partial charge in [-0.15, -0.1) is 0 Å². The van der Waals surface area contributed by atoms with Gasteiger partial charge in [0.25, 0.3) is 0 Å². The van der Waals surface area contributed by atoms with Crippen LogP contribution in [0.1, 0.15) is 43.6 Å². The number of hydrogen-bond acceptors (Lipinski definition) is 2. The standard InChI is InChI=1S/C15H21N3/c16-9-13(11-4-2-1-3-5-11)12-6-7-14-15(8-12)18-10-17-14/h6-8,10-11,13H,1-5,9,16H2,(H,17,18). The van der Waals surface area contributed by atoms with Gasteiger partial charge in [0, 0.05) is 0 Å². The highest BCUT2D eigenvalue weighted by atomic mass is 14.9. The first-order valence-electron chi connectivity index (χ1n) is 7.01. The minimum atomic E-state index is 0.512. The fraction of sp³-hybridized carbons (Fsp3) is 0.533. The lowest BCUT2D eigenvalue weighted by atomic mass is 9.77. The SMILES string of the molecule is NCC(c1ccc2nc[nH]c2c1)C1CCCCC1. The summed E-state index contributed by atoms with van der Waals surface area (Å²) in [5.74, 6) is 1.28. The number of hydrogen-bond donors (Lipinski definition) is 2. The maximum Gasteiger partial charge on any atom is 0.0931 e. The minimum Gasteiger partial charge on any atom is -0.345 e. The smallest absolute Gasteiger partial charge is 0.0931 e. The fourth-order valence-electron chi connectivity index (χ4n) is 3.32. The summed E-state index contributed by atoms with van der Waals surface area (Å²) >= 11 is 0. The quantitative estimate of drug-likeness (QED) is 0.870. The molecule has 0 saturated heterocycles. The first-order chi connectivity index (χ1) is 8.88. The summed E-state index contributed by atoms with van der Waals surface area (Å²) in [6.45, 7) is 0.754. The molecule has 3 nitrogen and oxygen atoms in total. The van der Waals surface area contributed by atoms with Gasteiger partial charge in [-0.2, -0.15) is 0 Å². The number of aromatic amines is 1. The Morgan fingerprint density at radius 1 is 1.28 bits per heavy atom. The first kappa shape index (κ1) is 11.7. The number of nitrogens with zero attached hydrogens (tertiary/aromatic N) is 1. The van der Waals surface area contributed by atoms with E-state index in [0.717, 1.165) is 23.5 Å². The summed E-state index contributed by atoms with van der Waals surface area (Å²) in [5.41, 5.74) is 9.57. The highest BCUT2D eigenvalue weighted by molar-refractivity contribution is 5.75. The molecule has 3 heteroatoms. The maximum atomic E-state index is 6.03. The molecule has 1 aromatic heterocycles. The Kier molecular flexibility index (Phi) is 3.33. The molecule has 1 aliphatic carbocycles. The van der Waals surface area contributed by atoms with Crippen molar-refractivity contribution in [2.24, 2.45) is 11.7 Å². The van der Waals surface area contributed by atoms with Gasteiger partial charge in [-0.05, 0) is 48.9 Å². The third-order valence-corrected chi connectivity index (χ3v) is 4.35. The van der Waals surface area contributed by atoms with Crippen LogP contribution in [0, 0.1) is 5.92 Å². The molecular weight excluding hydrogens is 222 g/mol. The molecule has 1 heterocycles. The molecule has 1 fully saturated rings. The molecule has 3 N–H and O–H groups in total. The molecule has 1 unspecified atom stereocenters. The van der Waals surface area contributed by atoms with Crippen LogP contribution in [-0.2, 0) is 0 Å². The zero-order valence-corrected chi connectivity index (χ0v) is 10.7. The number of fused-ring (bicyclic) bond motifs is 1. The van der Waals surface area contributed by atoms with E-state index < -0.39 is 0 Å². The van der Waals surface area contributed by atoms with Gasteiger partial charge in [0.05, 0.1) is 17.4 Å². The Morgan fingerprint density at radius 2 is 2.11 bits per heavy atom. The van der Waals surface area contributed by atoms with E-state index in [9.17, 15) is 0 Å². The summed E-state index contributed by atoms with van der Waals surface area (Å²) in [6, 6.07) is 6.54. The van der Waals surface area contributed by atoms with E-state index in [2.05, 4.69) is 28.2 Å². The number of imidazole rings is 1. The summed E-state index contributed by atoms with van der Waals surface area (Å²) in [5, 5.41) is 0. The molecule has 0 bridgehead atoms. The van der Waals surface area contributed by atoms with Gasteiger partial charge in [-0.3, -0.25) is 0 Å². The molecule has 1 saturated carbocycles. The molecule has 0 radical (unpaired) electrons. The van der Waals surface area contributed by atoms with E-state index in [1.54, 1.807) is 6.33 Å². The van der Waals surface area contributed by atoms with Gasteiger partial charge in [-0.25, -0.2) is 4.98 Å². The van der Waals surface area contributed by atoms with Gasteiger partial charge in [0.2, 0.25) is 0 Å². The van der Waals surface area contributed by atoms with Crippen LogP contribution in [-0.4, -0.2) is 16.5 Å². The lowest BCUT2D eigenvalue weighted by molar-refractivity contribution is 0.307. The maximum absolute atomic E-state index is 6.03. The number of rotatable bonds is 3. The van der Waals surface area contributed by atoms with E-state index in [1.165, 1.54) is 37.7 Å². The van der Waals surface area contributed by atoms with Gasteiger partial charge >= 0.3 is 0 Å². The van der Waals surface area contributed by atoms with E-state index in [-0.39, 0.29) is 0 Å². The van der Waals surface area contributed by atoms with E-state index in [1.807, 2.05) is 0 Å². The molecule has 1 aliphatic rings. The summed E-state index contributed by atoms with van der Waals surface area (Å²) in [7, 11) is 0. The second kappa shape index (κ2) is 5.11. The highest BCUT2D eigenvalue weighted by Gasteiger charge is 2.24. The van der Waals surface area contributed by atoms with Crippen molar-refractivity contribution in [1.29, 1.82) is 0 Å². The normalized spacial score (nSPS) is 19.2. The van der Waals surface area contributed by atoms with Crippen molar-refractivity contribution in [3.05, 3.63) is 30.1 Å². The van der Waals surface area contributed by atoms with E-state index >= 15 is 0 Å². The Balaban J connectivity index is 1.89. The van der Waals surface area contributed by atoms with Crippen LogP contribution < -0.4 is 5.73 Å². The lowest BCUT2D eigenvalue weighted by Gasteiger charge is -2.29. The molecule has 18 heavy (non-hydrogen) atoms. The topological polar surface area (TPSA) is 54.7 Å². The van der Waals surface area contributed by atoms with Crippen molar-refractivity contribution in [2.75, 3.05) is 6.54 Å². The molecule has 96 valence electrons. The minimum absolute atomic E-state index is 0.512. The third kappa shape index (κ3) is 2.15. The van der Waals surface area contributed by atoms with Crippen LogP contribution in [0.2, 0.25) is 0 Å². The summed E-state index contributed by atoms with van der Waals surface area (Å²) in [6.07, 6.45) is 8.56. The van der Waals surface area contributed by atoms with Crippen LogP contribution in [0.5, 0.6) is 0 Å². The van der Waals surface area contributed by atoms with Gasteiger partial charge in [0.1, 0.15) is 0 Å². The van der Waals surface area contributed by atoms with Crippen LogP contribution in [0.4, 0.5) is 0 Å². The molecule has 0 amide bonds. The Morgan fingerprint density at radius 3 is 2.89 bits per heavy atom. The lowest BCUT2D eigenvalue weighted by Crippen LogP contribution is -2.23. The van der Waals surface area contributed by atoms with Crippen molar-refractivity contribution in [2.45, 2.75) is 38.0 Å². The van der Waals surface area contributed by atoms with Crippen molar-refractivity contribution >= 4 is 11.0 Å².